The van der Waals surface area contributed by atoms with Crippen molar-refractivity contribution in [2.45, 2.75) is 25.7 Å². The smallest absolute Gasteiger partial charge is 0.241 e. The molecule has 1 aliphatic heterocycles. The Morgan fingerprint density at radius 1 is 1.15 bits per heavy atom. The van der Waals surface area contributed by atoms with Crippen molar-refractivity contribution in [1.29, 1.82) is 0 Å². The van der Waals surface area contributed by atoms with Crippen LogP contribution in [0.5, 0.6) is 0 Å². The zero-order valence-electron chi connectivity index (χ0n) is 18.3. The lowest BCUT2D eigenvalue weighted by molar-refractivity contribution is -0.133. The maximum atomic E-state index is 13.7. The molecule has 1 aliphatic rings. The molecule has 3 aromatic rings. The van der Waals surface area contributed by atoms with Crippen molar-refractivity contribution in [2.24, 2.45) is 0 Å². The number of aromatic nitrogens is 3. The highest BCUT2D eigenvalue weighted by molar-refractivity contribution is 5.83. The van der Waals surface area contributed by atoms with E-state index in [-0.39, 0.29) is 30.1 Å². The fourth-order valence-electron chi connectivity index (χ4n) is 3.82. The summed E-state index contributed by atoms with van der Waals surface area (Å²) in [5.41, 5.74) is 2.17. The largest absolute Gasteiger partial charge is 0.347 e. The number of pyridine rings is 1. The molecule has 1 saturated heterocycles. The van der Waals surface area contributed by atoms with Gasteiger partial charge in [-0.1, -0.05) is 6.07 Å². The zero-order valence-corrected chi connectivity index (χ0v) is 18.3. The van der Waals surface area contributed by atoms with Crippen LogP contribution in [0.2, 0.25) is 0 Å². The molecule has 0 bridgehead atoms. The van der Waals surface area contributed by atoms with Crippen LogP contribution in [-0.2, 0) is 9.59 Å². The Kier molecular flexibility index (Phi) is 6.87. The number of hydrogen-bond donors (Lipinski definition) is 2. The van der Waals surface area contributed by atoms with E-state index in [4.69, 9.17) is 9.97 Å². The quantitative estimate of drug-likeness (QED) is 0.600. The summed E-state index contributed by atoms with van der Waals surface area (Å²) in [5.74, 6) is 0.384. The molecule has 2 aromatic heterocycles. The molecule has 0 radical (unpaired) electrons. The lowest BCUT2D eigenvalue weighted by Crippen LogP contribution is -2.44. The second kappa shape index (κ2) is 10.2. The van der Waals surface area contributed by atoms with Crippen LogP contribution < -0.4 is 10.6 Å². The third-order valence-corrected chi connectivity index (χ3v) is 5.44. The van der Waals surface area contributed by atoms with E-state index in [1.807, 2.05) is 18.2 Å². The normalized spacial score (nSPS) is 15.7. The maximum absolute atomic E-state index is 13.7. The zero-order chi connectivity index (χ0) is 23.2. The van der Waals surface area contributed by atoms with Gasteiger partial charge in [-0.15, -0.1) is 0 Å². The molecule has 1 fully saturated rings. The predicted octanol–water partition coefficient (Wildman–Crippen LogP) is 3.26. The van der Waals surface area contributed by atoms with Gasteiger partial charge in [-0.25, -0.2) is 14.4 Å². The summed E-state index contributed by atoms with van der Waals surface area (Å²) in [6.07, 6.45) is 5.04. The summed E-state index contributed by atoms with van der Waals surface area (Å²) in [6.45, 7) is 2.47. The van der Waals surface area contributed by atoms with E-state index in [0.717, 1.165) is 18.4 Å². The van der Waals surface area contributed by atoms with Gasteiger partial charge in [0.2, 0.25) is 11.8 Å². The molecule has 33 heavy (non-hydrogen) atoms. The molecule has 170 valence electrons. The Morgan fingerprint density at radius 3 is 2.73 bits per heavy atom. The second-order valence-electron chi connectivity index (χ2n) is 7.96. The third-order valence-electron chi connectivity index (χ3n) is 5.44. The Hall–Kier alpha value is -3.88. The van der Waals surface area contributed by atoms with Gasteiger partial charge < -0.3 is 15.5 Å². The standard InChI is InChI=1S/C24H25FN6O2/c1-16(32)27-14-23(33)31-11-3-4-18(15-31)24-29-21(17-7-9-26-10-8-17)13-22(30-24)28-20-6-2-5-19(25)12-20/h2,5-10,12-13,18H,3-4,11,14-15H2,1H3,(H,27,32)(H,28,29,30)/t18-/m1/s1. The number of rotatable bonds is 6. The number of nitrogens with one attached hydrogen (secondary N) is 2. The summed E-state index contributed by atoms with van der Waals surface area (Å²) in [6, 6.07) is 11.7. The highest BCUT2D eigenvalue weighted by Crippen LogP contribution is 2.29. The summed E-state index contributed by atoms with van der Waals surface area (Å²) >= 11 is 0. The molecule has 1 aromatic carbocycles. The number of hydrogen-bond acceptors (Lipinski definition) is 6. The summed E-state index contributed by atoms with van der Waals surface area (Å²) in [5, 5.41) is 5.73. The van der Waals surface area contributed by atoms with Crippen LogP contribution in [0.15, 0.2) is 54.9 Å². The molecule has 1 atom stereocenters. The number of piperidine rings is 1. The minimum Gasteiger partial charge on any atom is -0.347 e. The molecule has 8 nitrogen and oxygen atoms in total. The Morgan fingerprint density at radius 2 is 1.97 bits per heavy atom. The van der Waals surface area contributed by atoms with Crippen LogP contribution in [0.25, 0.3) is 11.3 Å². The van der Waals surface area contributed by atoms with E-state index in [1.54, 1.807) is 29.4 Å². The topological polar surface area (TPSA) is 100 Å². The number of carbonyl (C=O) groups excluding carboxylic acids is 2. The SMILES string of the molecule is CC(=O)NCC(=O)N1CCC[C@@H](c2nc(Nc3cccc(F)c3)cc(-c3ccncc3)n2)C1. The van der Waals surface area contributed by atoms with Gasteiger partial charge in [-0.3, -0.25) is 14.6 Å². The average molecular weight is 449 g/mol. The first-order chi connectivity index (χ1) is 16.0. The van der Waals surface area contributed by atoms with E-state index in [2.05, 4.69) is 15.6 Å². The van der Waals surface area contributed by atoms with Crippen LogP contribution in [0.4, 0.5) is 15.9 Å². The van der Waals surface area contributed by atoms with Crippen LogP contribution in [0.3, 0.4) is 0 Å². The van der Waals surface area contributed by atoms with Gasteiger partial charge >= 0.3 is 0 Å². The summed E-state index contributed by atoms with van der Waals surface area (Å²) in [7, 11) is 0. The monoisotopic (exact) mass is 448 g/mol. The second-order valence-corrected chi connectivity index (χ2v) is 7.96. The molecule has 4 rings (SSSR count). The molecule has 2 N–H and O–H groups in total. The van der Waals surface area contributed by atoms with E-state index in [9.17, 15) is 14.0 Å². The number of anilines is 2. The molecule has 2 amide bonds. The molecule has 0 aliphatic carbocycles. The minimum absolute atomic E-state index is 0.0215. The Labute approximate surface area is 191 Å². The van der Waals surface area contributed by atoms with Crippen molar-refractivity contribution in [2.75, 3.05) is 25.0 Å². The molecule has 9 heteroatoms. The van der Waals surface area contributed by atoms with Crippen molar-refractivity contribution in [1.82, 2.24) is 25.2 Å². The van der Waals surface area contributed by atoms with Gasteiger partial charge in [-0.05, 0) is 43.2 Å². The lowest BCUT2D eigenvalue weighted by Gasteiger charge is -2.32. The van der Waals surface area contributed by atoms with Crippen LogP contribution in [0, 0.1) is 5.82 Å². The average Bonchev–Trinajstić information content (AvgIpc) is 2.83. The van der Waals surface area contributed by atoms with Crippen molar-refractivity contribution in [3.05, 3.63) is 66.5 Å². The number of amides is 2. The number of benzene rings is 1. The van der Waals surface area contributed by atoms with Gasteiger partial charge in [-0.2, -0.15) is 0 Å². The van der Waals surface area contributed by atoms with Crippen LogP contribution >= 0.6 is 0 Å². The lowest BCUT2D eigenvalue weighted by atomic mass is 9.96. The third kappa shape index (κ3) is 5.88. The number of carbonyl (C=O) groups is 2. The van der Waals surface area contributed by atoms with E-state index in [1.165, 1.54) is 19.1 Å². The van der Waals surface area contributed by atoms with Crippen molar-refractivity contribution < 1.29 is 14.0 Å². The minimum atomic E-state index is -0.343. The number of likely N-dealkylation sites (tertiary alicyclic amines) is 1. The van der Waals surface area contributed by atoms with Gasteiger partial charge in [0.25, 0.3) is 0 Å². The van der Waals surface area contributed by atoms with E-state index >= 15 is 0 Å². The molecule has 0 saturated carbocycles. The van der Waals surface area contributed by atoms with Crippen LogP contribution in [0.1, 0.15) is 31.5 Å². The molecule has 3 heterocycles. The van der Waals surface area contributed by atoms with E-state index in [0.29, 0.717) is 36.1 Å². The molecular formula is C24H25FN6O2. The summed E-state index contributed by atoms with van der Waals surface area (Å²) < 4.78 is 13.7. The van der Waals surface area contributed by atoms with E-state index < -0.39 is 0 Å². The van der Waals surface area contributed by atoms with Crippen molar-refractivity contribution in [3.63, 3.8) is 0 Å². The first-order valence-corrected chi connectivity index (χ1v) is 10.8. The Balaban J connectivity index is 1.62. The molecule has 0 unspecified atom stereocenters. The highest BCUT2D eigenvalue weighted by Gasteiger charge is 2.27. The van der Waals surface area contributed by atoms with Gasteiger partial charge in [0.05, 0.1) is 12.2 Å². The van der Waals surface area contributed by atoms with Crippen LogP contribution in [-0.4, -0.2) is 51.3 Å². The molecular weight excluding hydrogens is 423 g/mol. The first kappa shape index (κ1) is 22.3. The van der Waals surface area contributed by atoms with Gasteiger partial charge in [0.15, 0.2) is 0 Å². The fourth-order valence-corrected chi connectivity index (χ4v) is 3.82. The first-order valence-electron chi connectivity index (χ1n) is 10.8. The van der Waals surface area contributed by atoms with Crippen molar-refractivity contribution >= 4 is 23.3 Å². The molecule has 0 spiro atoms. The van der Waals surface area contributed by atoms with Crippen molar-refractivity contribution in [3.8, 4) is 11.3 Å². The highest BCUT2D eigenvalue weighted by atomic mass is 19.1. The fraction of sp³-hybridized carbons (Fsp3) is 0.292. The summed E-state index contributed by atoms with van der Waals surface area (Å²) in [4.78, 5) is 39.0. The number of halogens is 1. The van der Waals surface area contributed by atoms with Gasteiger partial charge in [0.1, 0.15) is 17.5 Å². The van der Waals surface area contributed by atoms with Gasteiger partial charge in [0, 0.05) is 55.6 Å². The Bertz CT molecular complexity index is 1140. The predicted molar refractivity (Wildman–Crippen MR) is 122 cm³/mol. The maximum Gasteiger partial charge on any atom is 0.241 e. The number of nitrogens with zero attached hydrogens (tertiary/aromatic N) is 4.